The Morgan fingerprint density at radius 2 is 1.90 bits per heavy atom. The van der Waals surface area contributed by atoms with Crippen LogP contribution in [0.1, 0.15) is 30.9 Å². The lowest BCUT2D eigenvalue weighted by molar-refractivity contribution is 0.168. The van der Waals surface area contributed by atoms with Crippen LogP contribution in [0.25, 0.3) is 0 Å². The summed E-state index contributed by atoms with van der Waals surface area (Å²) < 4.78 is 11.6. The zero-order valence-corrected chi connectivity index (χ0v) is 12.4. The number of fused-ring (bicyclic) bond motifs is 1. The summed E-state index contributed by atoms with van der Waals surface area (Å²) in [7, 11) is 0. The smallest absolute Gasteiger partial charge is 0.165 e. The van der Waals surface area contributed by atoms with E-state index in [-0.39, 0.29) is 0 Å². The van der Waals surface area contributed by atoms with Gasteiger partial charge < -0.3 is 14.8 Å². The van der Waals surface area contributed by atoms with E-state index >= 15 is 0 Å². The maximum Gasteiger partial charge on any atom is 0.165 e. The monoisotopic (exact) mass is 276 g/mol. The fourth-order valence-electron chi connectivity index (χ4n) is 3.06. The predicted octanol–water partition coefficient (Wildman–Crippen LogP) is 1.99. The van der Waals surface area contributed by atoms with Crippen molar-refractivity contribution in [2.75, 3.05) is 39.4 Å². The first-order valence-electron chi connectivity index (χ1n) is 7.60. The Kier molecular flexibility index (Phi) is 4.13. The van der Waals surface area contributed by atoms with Crippen molar-refractivity contribution in [1.29, 1.82) is 0 Å². The molecular weight excluding hydrogens is 252 g/mol. The van der Waals surface area contributed by atoms with Crippen molar-refractivity contribution >= 4 is 0 Å². The summed E-state index contributed by atoms with van der Waals surface area (Å²) in [5.41, 5.74) is 2.70. The van der Waals surface area contributed by atoms with Crippen LogP contribution in [0.2, 0.25) is 0 Å². The van der Waals surface area contributed by atoms with Gasteiger partial charge in [-0.1, -0.05) is 19.9 Å². The molecule has 1 aromatic rings. The highest BCUT2D eigenvalue weighted by atomic mass is 16.6. The topological polar surface area (TPSA) is 33.7 Å². The van der Waals surface area contributed by atoms with E-state index in [1.807, 2.05) is 0 Å². The zero-order chi connectivity index (χ0) is 13.9. The van der Waals surface area contributed by atoms with E-state index in [1.54, 1.807) is 0 Å². The third-order valence-electron chi connectivity index (χ3n) is 4.02. The zero-order valence-electron chi connectivity index (χ0n) is 12.4. The van der Waals surface area contributed by atoms with Gasteiger partial charge in [-0.15, -0.1) is 0 Å². The normalized spacial score (nSPS) is 19.4. The molecule has 1 aromatic carbocycles. The van der Waals surface area contributed by atoms with Crippen molar-refractivity contribution in [2.45, 2.75) is 26.3 Å². The Hall–Kier alpha value is -1.26. The Labute approximate surface area is 121 Å². The molecule has 0 amide bonds. The second kappa shape index (κ2) is 6.02. The highest BCUT2D eigenvalue weighted by Gasteiger charge is 2.22. The number of piperazine rings is 1. The first-order valence-corrected chi connectivity index (χ1v) is 7.60. The first-order chi connectivity index (χ1) is 9.75. The summed E-state index contributed by atoms with van der Waals surface area (Å²) in [6.45, 7) is 11.2. The highest BCUT2D eigenvalue weighted by Crippen LogP contribution is 2.40. The van der Waals surface area contributed by atoms with E-state index in [0.717, 1.165) is 44.2 Å². The summed E-state index contributed by atoms with van der Waals surface area (Å²) in [5.74, 6) is 2.33. The molecule has 4 nitrogen and oxygen atoms in total. The van der Waals surface area contributed by atoms with E-state index in [4.69, 9.17) is 9.47 Å². The third kappa shape index (κ3) is 2.76. The lowest BCUT2D eigenvalue weighted by Gasteiger charge is -2.30. The van der Waals surface area contributed by atoms with Crippen LogP contribution < -0.4 is 14.8 Å². The van der Waals surface area contributed by atoms with Crippen molar-refractivity contribution in [3.8, 4) is 11.5 Å². The molecule has 0 unspecified atom stereocenters. The number of benzene rings is 1. The van der Waals surface area contributed by atoms with Crippen LogP contribution in [0.4, 0.5) is 0 Å². The molecule has 0 atom stereocenters. The molecule has 110 valence electrons. The van der Waals surface area contributed by atoms with Gasteiger partial charge in [0.2, 0.25) is 0 Å². The van der Waals surface area contributed by atoms with Crippen molar-refractivity contribution in [3.63, 3.8) is 0 Å². The van der Waals surface area contributed by atoms with Gasteiger partial charge in [-0.3, -0.25) is 4.90 Å². The average molecular weight is 276 g/mol. The van der Waals surface area contributed by atoms with Gasteiger partial charge in [-0.2, -0.15) is 0 Å². The van der Waals surface area contributed by atoms with Crippen LogP contribution in [0.5, 0.6) is 11.5 Å². The molecule has 1 fully saturated rings. The minimum atomic E-state index is 0.449. The van der Waals surface area contributed by atoms with Crippen LogP contribution >= 0.6 is 0 Å². The molecule has 4 heteroatoms. The van der Waals surface area contributed by atoms with Gasteiger partial charge >= 0.3 is 0 Å². The van der Waals surface area contributed by atoms with Crippen LogP contribution in [-0.2, 0) is 6.54 Å². The minimum absolute atomic E-state index is 0.449. The molecule has 2 aliphatic heterocycles. The van der Waals surface area contributed by atoms with Crippen LogP contribution in [-0.4, -0.2) is 44.3 Å². The quantitative estimate of drug-likeness (QED) is 0.915. The summed E-state index contributed by atoms with van der Waals surface area (Å²) >= 11 is 0. The number of rotatable bonds is 3. The van der Waals surface area contributed by atoms with Crippen LogP contribution in [0.3, 0.4) is 0 Å². The number of nitrogens with zero attached hydrogens (tertiary/aromatic N) is 1. The Balaban J connectivity index is 1.89. The molecule has 1 N–H and O–H groups in total. The summed E-state index contributed by atoms with van der Waals surface area (Å²) in [5, 5.41) is 3.40. The molecule has 3 rings (SSSR count). The van der Waals surface area contributed by atoms with Gasteiger partial charge in [0.25, 0.3) is 0 Å². The first kappa shape index (κ1) is 13.7. The number of hydrogen-bond donors (Lipinski definition) is 1. The standard InChI is InChI=1S/C16H24N2O2/c1-12(2)15-13(11-18-7-5-17-6-8-18)3-4-14-16(15)20-10-9-19-14/h3-4,12,17H,5-11H2,1-2H3. The molecule has 0 aliphatic carbocycles. The number of nitrogens with one attached hydrogen (secondary N) is 1. The largest absolute Gasteiger partial charge is 0.486 e. The van der Waals surface area contributed by atoms with Crippen LogP contribution in [0, 0.1) is 0 Å². The van der Waals surface area contributed by atoms with E-state index in [0.29, 0.717) is 19.1 Å². The van der Waals surface area contributed by atoms with Crippen molar-refractivity contribution in [3.05, 3.63) is 23.3 Å². The van der Waals surface area contributed by atoms with E-state index < -0.39 is 0 Å². The van der Waals surface area contributed by atoms with Gasteiger partial charge in [-0.05, 0) is 17.5 Å². The maximum absolute atomic E-state index is 5.89. The predicted molar refractivity (Wildman–Crippen MR) is 79.7 cm³/mol. The van der Waals surface area contributed by atoms with Gasteiger partial charge in [0, 0.05) is 38.3 Å². The second-order valence-electron chi connectivity index (χ2n) is 5.84. The maximum atomic E-state index is 5.89. The number of ether oxygens (including phenoxy) is 2. The molecule has 1 saturated heterocycles. The molecule has 2 aliphatic rings. The van der Waals surface area contributed by atoms with Crippen molar-refractivity contribution in [2.24, 2.45) is 0 Å². The van der Waals surface area contributed by atoms with Gasteiger partial charge in [0.1, 0.15) is 13.2 Å². The van der Waals surface area contributed by atoms with Gasteiger partial charge in [-0.25, -0.2) is 0 Å². The van der Waals surface area contributed by atoms with Crippen LogP contribution in [0.15, 0.2) is 12.1 Å². The third-order valence-corrected chi connectivity index (χ3v) is 4.02. The summed E-state index contributed by atoms with van der Waals surface area (Å²) in [6, 6.07) is 4.28. The van der Waals surface area contributed by atoms with Crippen molar-refractivity contribution in [1.82, 2.24) is 10.2 Å². The van der Waals surface area contributed by atoms with Gasteiger partial charge in [0.15, 0.2) is 11.5 Å². The van der Waals surface area contributed by atoms with Crippen molar-refractivity contribution < 1.29 is 9.47 Å². The minimum Gasteiger partial charge on any atom is -0.486 e. The van der Waals surface area contributed by atoms with E-state index in [2.05, 4.69) is 36.2 Å². The Morgan fingerprint density at radius 3 is 2.65 bits per heavy atom. The molecule has 20 heavy (non-hydrogen) atoms. The molecule has 0 radical (unpaired) electrons. The molecular formula is C16H24N2O2. The summed E-state index contributed by atoms with van der Waals surface area (Å²) in [6.07, 6.45) is 0. The molecule has 2 heterocycles. The lowest BCUT2D eigenvalue weighted by atomic mass is 9.94. The average Bonchev–Trinajstić information content (AvgIpc) is 2.47. The molecule has 0 spiro atoms. The lowest BCUT2D eigenvalue weighted by Crippen LogP contribution is -2.43. The highest BCUT2D eigenvalue weighted by molar-refractivity contribution is 5.53. The molecule has 0 aromatic heterocycles. The fourth-order valence-corrected chi connectivity index (χ4v) is 3.06. The van der Waals surface area contributed by atoms with Gasteiger partial charge in [0.05, 0.1) is 0 Å². The SMILES string of the molecule is CC(C)c1c(CN2CCNCC2)ccc2c1OCCO2. The number of hydrogen-bond acceptors (Lipinski definition) is 4. The Morgan fingerprint density at radius 1 is 1.15 bits per heavy atom. The Bertz CT molecular complexity index is 468. The summed E-state index contributed by atoms with van der Waals surface area (Å²) in [4.78, 5) is 2.51. The van der Waals surface area contributed by atoms with E-state index in [1.165, 1.54) is 11.1 Å². The van der Waals surface area contributed by atoms with E-state index in [9.17, 15) is 0 Å². The second-order valence-corrected chi connectivity index (χ2v) is 5.84. The molecule has 0 bridgehead atoms. The fraction of sp³-hybridized carbons (Fsp3) is 0.625. The molecule has 0 saturated carbocycles.